The lowest BCUT2D eigenvalue weighted by Gasteiger charge is -2.17. The van der Waals surface area contributed by atoms with Gasteiger partial charge in [0, 0.05) is 9.17 Å². The van der Waals surface area contributed by atoms with Crippen LogP contribution in [-0.4, -0.2) is 0 Å². The summed E-state index contributed by atoms with van der Waals surface area (Å²) in [5, 5.41) is 4.21. The third kappa shape index (κ3) is 3.15. The molecule has 2 aromatic carbocycles. The van der Waals surface area contributed by atoms with Crippen molar-refractivity contribution in [3.63, 3.8) is 0 Å². The summed E-state index contributed by atoms with van der Waals surface area (Å²) in [6, 6.07) is 14.4. The minimum absolute atomic E-state index is 0.0524. The maximum Gasteiger partial charge on any atom is 0.0548 e. The van der Waals surface area contributed by atoms with Crippen LogP contribution >= 0.6 is 38.9 Å². The van der Waals surface area contributed by atoms with Crippen molar-refractivity contribution in [3.05, 3.63) is 68.5 Å². The zero-order valence-electron chi connectivity index (χ0n) is 11.1. The smallest absolute Gasteiger partial charge is 0.0548 e. The van der Waals surface area contributed by atoms with E-state index in [2.05, 4.69) is 51.0 Å². The molecule has 0 fully saturated rings. The van der Waals surface area contributed by atoms with E-state index in [0.717, 1.165) is 16.5 Å². The number of hydrazine groups is 1. The molecule has 0 aliphatic carbocycles. The molecule has 108 valence electrons. The molecule has 1 heterocycles. The number of thiophene rings is 1. The third-order valence-electron chi connectivity index (χ3n) is 3.53. The van der Waals surface area contributed by atoms with Gasteiger partial charge in [-0.25, -0.2) is 0 Å². The van der Waals surface area contributed by atoms with Gasteiger partial charge in [0.25, 0.3) is 0 Å². The van der Waals surface area contributed by atoms with Gasteiger partial charge in [0.1, 0.15) is 0 Å². The van der Waals surface area contributed by atoms with Crippen LogP contribution in [0.5, 0.6) is 0 Å². The lowest BCUT2D eigenvalue weighted by Crippen LogP contribution is -2.29. The standard InChI is InChI=1S/C16H14BrClN2S/c17-13-7-10(5-6-14(13)18)15(20-19)8-11-9-21-16-4-2-1-3-12(11)16/h1-7,9,15,20H,8,19H2. The molecule has 1 atom stereocenters. The van der Waals surface area contributed by atoms with Crippen LogP contribution in [0.4, 0.5) is 0 Å². The highest BCUT2D eigenvalue weighted by atomic mass is 79.9. The molecular weight excluding hydrogens is 368 g/mol. The van der Waals surface area contributed by atoms with Crippen molar-refractivity contribution in [2.75, 3.05) is 0 Å². The summed E-state index contributed by atoms with van der Waals surface area (Å²) in [6.45, 7) is 0. The number of hydrogen-bond acceptors (Lipinski definition) is 3. The Bertz CT molecular complexity index is 772. The van der Waals surface area contributed by atoms with Gasteiger partial charge >= 0.3 is 0 Å². The van der Waals surface area contributed by atoms with Gasteiger partial charge in [0.15, 0.2) is 0 Å². The van der Waals surface area contributed by atoms with Gasteiger partial charge in [0.2, 0.25) is 0 Å². The highest BCUT2D eigenvalue weighted by molar-refractivity contribution is 9.10. The van der Waals surface area contributed by atoms with Crippen molar-refractivity contribution in [3.8, 4) is 0 Å². The molecule has 0 spiro atoms. The van der Waals surface area contributed by atoms with Crippen molar-refractivity contribution in [1.82, 2.24) is 5.43 Å². The molecule has 3 aromatic rings. The highest BCUT2D eigenvalue weighted by Crippen LogP contribution is 2.31. The van der Waals surface area contributed by atoms with Crippen LogP contribution in [0.15, 0.2) is 52.3 Å². The van der Waals surface area contributed by atoms with Gasteiger partial charge in [-0.2, -0.15) is 0 Å². The molecule has 3 N–H and O–H groups in total. The van der Waals surface area contributed by atoms with E-state index in [1.165, 1.54) is 15.6 Å². The Morgan fingerprint density at radius 2 is 2.05 bits per heavy atom. The van der Waals surface area contributed by atoms with Crippen molar-refractivity contribution >= 4 is 49.0 Å². The number of rotatable bonds is 4. The van der Waals surface area contributed by atoms with Crippen molar-refractivity contribution in [1.29, 1.82) is 0 Å². The van der Waals surface area contributed by atoms with Gasteiger partial charge < -0.3 is 0 Å². The zero-order valence-corrected chi connectivity index (χ0v) is 14.3. The second-order valence-electron chi connectivity index (χ2n) is 4.85. The molecule has 0 aliphatic heterocycles. The molecule has 0 saturated carbocycles. The molecule has 0 radical (unpaired) electrons. The molecule has 5 heteroatoms. The minimum atomic E-state index is 0.0524. The van der Waals surface area contributed by atoms with Crippen molar-refractivity contribution in [2.24, 2.45) is 5.84 Å². The predicted molar refractivity (Wildman–Crippen MR) is 94.7 cm³/mol. The molecule has 2 nitrogen and oxygen atoms in total. The molecule has 0 aliphatic rings. The number of nitrogens with one attached hydrogen (secondary N) is 1. The maximum atomic E-state index is 6.05. The lowest BCUT2D eigenvalue weighted by molar-refractivity contribution is 0.554. The van der Waals surface area contributed by atoms with Crippen molar-refractivity contribution in [2.45, 2.75) is 12.5 Å². The fourth-order valence-corrected chi connectivity index (χ4v) is 3.90. The van der Waals surface area contributed by atoms with E-state index >= 15 is 0 Å². The first-order valence-electron chi connectivity index (χ1n) is 6.55. The second-order valence-corrected chi connectivity index (χ2v) is 7.03. The average molecular weight is 382 g/mol. The van der Waals surface area contributed by atoms with Gasteiger partial charge in [-0.05, 0) is 62.4 Å². The van der Waals surface area contributed by atoms with Crippen LogP contribution in [-0.2, 0) is 6.42 Å². The van der Waals surface area contributed by atoms with Gasteiger partial charge in [-0.1, -0.05) is 35.9 Å². The summed E-state index contributed by atoms with van der Waals surface area (Å²) in [4.78, 5) is 0. The molecule has 21 heavy (non-hydrogen) atoms. The van der Waals surface area contributed by atoms with Crippen LogP contribution < -0.4 is 11.3 Å². The van der Waals surface area contributed by atoms with E-state index in [0.29, 0.717) is 5.02 Å². The second kappa shape index (κ2) is 6.46. The Hall–Kier alpha value is -0.910. The van der Waals surface area contributed by atoms with Gasteiger partial charge in [-0.15, -0.1) is 11.3 Å². The Kier molecular flexibility index (Phi) is 4.62. The summed E-state index contributed by atoms with van der Waals surface area (Å²) >= 11 is 11.3. The fraction of sp³-hybridized carbons (Fsp3) is 0.125. The Labute approximate surface area is 141 Å². The van der Waals surface area contributed by atoms with Crippen LogP contribution in [0.3, 0.4) is 0 Å². The van der Waals surface area contributed by atoms with Crippen molar-refractivity contribution < 1.29 is 0 Å². The maximum absolute atomic E-state index is 6.05. The van der Waals surface area contributed by atoms with Gasteiger partial charge in [0.05, 0.1) is 11.1 Å². The van der Waals surface area contributed by atoms with Gasteiger partial charge in [-0.3, -0.25) is 11.3 Å². The first-order chi connectivity index (χ1) is 10.2. The van der Waals surface area contributed by atoms with Crippen LogP contribution in [0.1, 0.15) is 17.2 Å². The molecular formula is C16H14BrClN2S. The number of nitrogens with two attached hydrogens (primary N) is 1. The molecule has 0 saturated heterocycles. The Morgan fingerprint density at radius 1 is 1.24 bits per heavy atom. The van der Waals surface area contributed by atoms with Crippen LogP contribution in [0, 0.1) is 0 Å². The zero-order chi connectivity index (χ0) is 14.8. The lowest BCUT2D eigenvalue weighted by atomic mass is 9.99. The number of benzene rings is 2. The largest absolute Gasteiger partial charge is 0.271 e. The van der Waals surface area contributed by atoms with Crippen LogP contribution in [0.2, 0.25) is 5.02 Å². The molecule has 1 unspecified atom stereocenters. The first-order valence-corrected chi connectivity index (χ1v) is 8.60. The SMILES string of the molecule is NNC(Cc1csc2ccccc12)c1ccc(Cl)c(Br)c1. The van der Waals surface area contributed by atoms with Crippen LogP contribution in [0.25, 0.3) is 10.1 Å². The monoisotopic (exact) mass is 380 g/mol. The first kappa shape index (κ1) is 15.0. The fourth-order valence-electron chi connectivity index (χ4n) is 2.41. The van der Waals surface area contributed by atoms with E-state index in [4.69, 9.17) is 17.4 Å². The molecule has 3 rings (SSSR count). The molecule has 0 bridgehead atoms. The third-order valence-corrected chi connectivity index (χ3v) is 5.76. The number of hydrogen-bond donors (Lipinski definition) is 2. The minimum Gasteiger partial charge on any atom is -0.271 e. The summed E-state index contributed by atoms with van der Waals surface area (Å²) in [6.07, 6.45) is 0.842. The summed E-state index contributed by atoms with van der Waals surface area (Å²) < 4.78 is 2.19. The number of halogens is 2. The molecule has 1 aromatic heterocycles. The quantitative estimate of drug-likeness (QED) is 0.489. The molecule has 0 amide bonds. The van der Waals surface area contributed by atoms with E-state index in [1.54, 1.807) is 11.3 Å². The predicted octanol–water partition coefficient (Wildman–Crippen LogP) is 5.06. The highest BCUT2D eigenvalue weighted by Gasteiger charge is 2.14. The Balaban J connectivity index is 1.92. The average Bonchev–Trinajstić information content (AvgIpc) is 2.91. The van der Waals surface area contributed by atoms with E-state index in [1.807, 2.05) is 18.2 Å². The normalized spacial score (nSPS) is 12.7. The van der Waals surface area contributed by atoms with E-state index < -0.39 is 0 Å². The van der Waals surface area contributed by atoms with E-state index in [9.17, 15) is 0 Å². The summed E-state index contributed by atoms with van der Waals surface area (Å²) in [5.74, 6) is 5.76. The Morgan fingerprint density at radius 3 is 2.81 bits per heavy atom. The number of fused-ring (bicyclic) bond motifs is 1. The summed E-state index contributed by atoms with van der Waals surface area (Å²) in [5.41, 5.74) is 5.33. The topological polar surface area (TPSA) is 38.0 Å². The summed E-state index contributed by atoms with van der Waals surface area (Å²) in [7, 11) is 0. The van der Waals surface area contributed by atoms with E-state index in [-0.39, 0.29) is 6.04 Å².